The summed E-state index contributed by atoms with van der Waals surface area (Å²) >= 11 is 12.8. The van der Waals surface area contributed by atoms with Gasteiger partial charge in [-0.05, 0) is 64.5 Å². The Kier molecular flexibility index (Phi) is 7.07. The zero-order valence-electron chi connectivity index (χ0n) is 17.3. The minimum Gasteiger partial charge on any atom is -0.421 e. The van der Waals surface area contributed by atoms with E-state index in [2.05, 4.69) is 41.9 Å². The number of hydrogen-bond donors (Lipinski definition) is 0. The van der Waals surface area contributed by atoms with E-state index in [9.17, 15) is 9.59 Å². The van der Waals surface area contributed by atoms with Gasteiger partial charge in [-0.15, -0.1) is 0 Å². The van der Waals surface area contributed by atoms with Crippen molar-refractivity contribution in [2.24, 2.45) is 5.10 Å². The van der Waals surface area contributed by atoms with Crippen molar-refractivity contribution in [3.05, 3.63) is 102 Å². The molecule has 0 amide bonds. The number of carbonyl (C=O) groups is 1. The molecule has 0 aliphatic carbocycles. The van der Waals surface area contributed by atoms with Crippen LogP contribution in [0.25, 0.3) is 10.9 Å². The number of esters is 1. The highest BCUT2D eigenvalue weighted by Crippen LogP contribution is 2.33. The summed E-state index contributed by atoms with van der Waals surface area (Å²) in [7, 11) is 0. The number of rotatable bonds is 5. The van der Waals surface area contributed by atoms with E-state index in [1.807, 2.05) is 13.0 Å². The Labute approximate surface area is 211 Å². The van der Waals surface area contributed by atoms with E-state index in [0.717, 1.165) is 4.47 Å². The van der Waals surface area contributed by atoms with Gasteiger partial charge >= 0.3 is 5.97 Å². The van der Waals surface area contributed by atoms with Crippen LogP contribution < -0.4 is 10.3 Å². The molecule has 166 valence electrons. The van der Waals surface area contributed by atoms with Crippen LogP contribution in [0.1, 0.15) is 28.7 Å². The first-order valence-electron chi connectivity index (χ1n) is 9.89. The van der Waals surface area contributed by atoms with Gasteiger partial charge in [-0.2, -0.15) is 9.78 Å². The molecule has 0 N–H and O–H groups in total. The molecule has 33 heavy (non-hydrogen) atoms. The summed E-state index contributed by atoms with van der Waals surface area (Å²) in [6.07, 6.45) is 1.98. The van der Waals surface area contributed by atoms with Crippen molar-refractivity contribution in [2.45, 2.75) is 13.3 Å². The minimum absolute atomic E-state index is 0.266. The molecule has 0 atom stereocenters. The van der Waals surface area contributed by atoms with Crippen molar-refractivity contribution >= 4 is 66.5 Å². The van der Waals surface area contributed by atoms with Crippen molar-refractivity contribution in [3.63, 3.8) is 0 Å². The molecular formula is C24H16Br2ClN3O3. The maximum absolute atomic E-state index is 13.0. The highest BCUT2D eigenvalue weighted by Gasteiger charge is 2.16. The standard InChI is InChI=1S/C24H16Br2ClN3O3/c1-2-21-29-20-6-4-3-5-18(20)23(31)30(21)28-13-15-11-16(25)12-19(26)22(15)33-24(32)14-7-9-17(27)10-8-14/h3-13H,2H2,1H3. The molecule has 0 saturated carbocycles. The third-order valence-electron chi connectivity index (χ3n) is 4.76. The number of halogens is 3. The van der Waals surface area contributed by atoms with Crippen LogP contribution in [-0.4, -0.2) is 21.8 Å². The second-order valence-corrected chi connectivity index (χ2v) is 9.17. The quantitative estimate of drug-likeness (QED) is 0.157. The van der Waals surface area contributed by atoms with Crippen LogP contribution >= 0.6 is 43.5 Å². The van der Waals surface area contributed by atoms with Crippen LogP contribution in [-0.2, 0) is 6.42 Å². The van der Waals surface area contributed by atoms with Crippen LogP contribution in [0.4, 0.5) is 0 Å². The van der Waals surface area contributed by atoms with Crippen LogP contribution in [0, 0.1) is 0 Å². The van der Waals surface area contributed by atoms with Crippen molar-refractivity contribution in [2.75, 3.05) is 0 Å². The van der Waals surface area contributed by atoms with Crippen molar-refractivity contribution in [1.29, 1.82) is 0 Å². The lowest BCUT2D eigenvalue weighted by Crippen LogP contribution is -2.22. The summed E-state index contributed by atoms with van der Waals surface area (Å²) < 4.78 is 8.20. The fourth-order valence-electron chi connectivity index (χ4n) is 3.16. The van der Waals surface area contributed by atoms with Crippen molar-refractivity contribution < 1.29 is 9.53 Å². The average Bonchev–Trinajstić information content (AvgIpc) is 2.80. The molecule has 0 fully saturated rings. The zero-order valence-corrected chi connectivity index (χ0v) is 21.2. The third kappa shape index (κ3) is 5.08. The Morgan fingerprint density at radius 3 is 2.61 bits per heavy atom. The number of nitrogens with zero attached hydrogens (tertiary/aromatic N) is 3. The maximum atomic E-state index is 13.0. The van der Waals surface area contributed by atoms with Crippen LogP contribution in [0.15, 0.2) is 79.5 Å². The molecule has 4 rings (SSSR count). The van der Waals surface area contributed by atoms with E-state index in [1.165, 1.54) is 10.9 Å². The molecule has 9 heteroatoms. The summed E-state index contributed by atoms with van der Waals surface area (Å²) in [4.78, 5) is 30.3. The van der Waals surface area contributed by atoms with Gasteiger partial charge < -0.3 is 4.74 Å². The van der Waals surface area contributed by atoms with Crippen LogP contribution in [0.3, 0.4) is 0 Å². The van der Waals surface area contributed by atoms with E-state index < -0.39 is 5.97 Å². The first-order valence-corrected chi connectivity index (χ1v) is 11.9. The number of aryl methyl sites for hydroxylation is 1. The molecule has 0 bridgehead atoms. The Morgan fingerprint density at radius 2 is 1.88 bits per heavy atom. The lowest BCUT2D eigenvalue weighted by Gasteiger charge is -2.11. The number of ether oxygens (including phenoxy) is 1. The van der Waals surface area contributed by atoms with Crippen LogP contribution in [0.5, 0.6) is 5.75 Å². The van der Waals surface area contributed by atoms with Gasteiger partial charge in [0.2, 0.25) is 0 Å². The summed E-state index contributed by atoms with van der Waals surface area (Å²) in [6, 6.07) is 17.0. The van der Waals surface area contributed by atoms with Gasteiger partial charge in [0.1, 0.15) is 5.82 Å². The summed E-state index contributed by atoms with van der Waals surface area (Å²) in [5.74, 6) is 0.230. The largest absolute Gasteiger partial charge is 0.421 e. The first-order chi connectivity index (χ1) is 15.9. The van der Waals surface area contributed by atoms with Gasteiger partial charge in [-0.1, -0.05) is 46.6 Å². The summed E-state index contributed by atoms with van der Waals surface area (Å²) in [5.41, 5.74) is 1.18. The molecule has 6 nitrogen and oxygen atoms in total. The molecule has 1 aromatic heterocycles. The predicted molar refractivity (Wildman–Crippen MR) is 137 cm³/mol. The normalized spacial score (nSPS) is 11.3. The van der Waals surface area contributed by atoms with Gasteiger partial charge in [-0.25, -0.2) is 9.78 Å². The molecule has 3 aromatic carbocycles. The molecule has 0 saturated heterocycles. The van der Waals surface area contributed by atoms with Gasteiger partial charge in [0.05, 0.1) is 27.2 Å². The molecule has 0 aliphatic heterocycles. The maximum Gasteiger partial charge on any atom is 0.343 e. The Balaban J connectivity index is 1.76. The number of carbonyl (C=O) groups excluding carboxylic acids is 1. The van der Waals surface area contributed by atoms with Crippen molar-refractivity contribution in [3.8, 4) is 5.75 Å². The van der Waals surface area contributed by atoms with Gasteiger partial charge in [0.15, 0.2) is 5.75 Å². The molecule has 4 aromatic rings. The third-order valence-corrected chi connectivity index (χ3v) is 6.06. The number of para-hydroxylation sites is 1. The Hall–Kier alpha value is -2.81. The summed E-state index contributed by atoms with van der Waals surface area (Å²) in [6.45, 7) is 1.90. The second-order valence-electron chi connectivity index (χ2n) is 6.96. The number of fused-ring (bicyclic) bond motifs is 1. The molecule has 1 heterocycles. The van der Waals surface area contributed by atoms with Crippen molar-refractivity contribution in [1.82, 2.24) is 9.66 Å². The number of aromatic nitrogens is 2. The summed E-state index contributed by atoms with van der Waals surface area (Å²) in [5, 5.41) is 5.39. The Bertz CT molecular complexity index is 1450. The highest BCUT2D eigenvalue weighted by atomic mass is 79.9. The smallest absolute Gasteiger partial charge is 0.343 e. The van der Waals surface area contributed by atoms with E-state index in [4.69, 9.17) is 16.3 Å². The monoisotopic (exact) mass is 587 g/mol. The van der Waals surface area contributed by atoms with E-state index in [0.29, 0.717) is 43.8 Å². The lowest BCUT2D eigenvalue weighted by atomic mass is 10.2. The second kappa shape index (κ2) is 9.99. The molecule has 0 spiro atoms. The van der Waals surface area contributed by atoms with E-state index in [-0.39, 0.29) is 11.3 Å². The van der Waals surface area contributed by atoms with E-state index in [1.54, 1.807) is 54.6 Å². The Morgan fingerprint density at radius 1 is 1.15 bits per heavy atom. The van der Waals surface area contributed by atoms with Gasteiger partial charge in [0.25, 0.3) is 5.56 Å². The fourth-order valence-corrected chi connectivity index (χ4v) is 4.62. The van der Waals surface area contributed by atoms with Crippen LogP contribution in [0.2, 0.25) is 5.02 Å². The van der Waals surface area contributed by atoms with Gasteiger partial charge in [-0.3, -0.25) is 4.79 Å². The highest BCUT2D eigenvalue weighted by molar-refractivity contribution is 9.11. The topological polar surface area (TPSA) is 73.6 Å². The zero-order chi connectivity index (χ0) is 23.5. The fraction of sp³-hybridized carbons (Fsp3) is 0.0833. The number of benzene rings is 3. The van der Waals surface area contributed by atoms with E-state index >= 15 is 0 Å². The average molecular weight is 590 g/mol. The molecule has 0 radical (unpaired) electrons. The van der Waals surface area contributed by atoms with Gasteiger partial charge in [0, 0.05) is 21.5 Å². The number of hydrogen-bond acceptors (Lipinski definition) is 5. The lowest BCUT2D eigenvalue weighted by molar-refractivity contribution is 0.0733. The molecule has 0 unspecified atom stereocenters. The first kappa shape index (κ1) is 23.4. The minimum atomic E-state index is -0.553. The molecule has 0 aliphatic rings. The predicted octanol–water partition coefficient (Wildman–Crippen LogP) is 6.24. The SMILES string of the molecule is CCc1nc2ccccc2c(=O)n1N=Cc1cc(Br)cc(Br)c1OC(=O)c1ccc(Cl)cc1. The molecular weight excluding hydrogens is 574 g/mol.